The van der Waals surface area contributed by atoms with Crippen molar-refractivity contribution >= 4 is 0 Å². The fourth-order valence-electron chi connectivity index (χ4n) is 1.19. The van der Waals surface area contributed by atoms with Crippen molar-refractivity contribution in [2.45, 2.75) is 46.6 Å². The Kier molecular flexibility index (Phi) is 3.12. The molecule has 0 saturated heterocycles. The van der Waals surface area contributed by atoms with E-state index >= 15 is 0 Å². The number of nitrogens with zero attached hydrogens (tertiary/aromatic N) is 2. The molecule has 0 spiro atoms. The average molecular weight is 180 g/mol. The van der Waals surface area contributed by atoms with Crippen LogP contribution in [0.1, 0.15) is 52.3 Å². The van der Waals surface area contributed by atoms with Gasteiger partial charge in [0.2, 0.25) is 0 Å². The molecule has 0 amide bonds. The fraction of sp³-hybridized carbons (Fsp3) is 0.727. The van der Waals surface area contributed by atoms with Gasteiger partial charge in [0.15, 0.2) is 0 Å². The van der Waals surface area contributed by atoms with E-state index in [1.165, 1.54) is 5.69 Å². The lowest BCUT2D eigenvalue weighted by molar-refractivity contribution is 0.372. The zero-order valence-corrected chi connectivity index (χ0v) is 9.28. The second kappa shape index (κ2) is 3.95. The minimum absolute atomic E-state index is 0.493. The third-order valence-electron chi connectivity index (χ3n) is 2.60. The van der Waals surface area contributed by atoms with Gasteiger partial charge in [-0.3, -0.25) is 4.68 Å². The van der Waals surface area contributed by atoms with Crippen molar-refractivity contribution in [1.82, 2.24) is 9.78 Å². The molecule has 1 rings (SSSR count). The van der Waals surface area contributed by atoms with E-state index in [0.29, 0.717) is 17.9 Å². The summed E-state index contributed by atoms with van der Waals surface area (Å²) in [4.78, 5) is 0. The Morgan fingerprint density at radius 3 is 2.15 bits per heavy atom. The Hall–Kier alpha value is -0.790. The molecule has 2 heteroatoms. The predicted molar refractivity (Wildman–Crippen MR) is 55.9 cm³/mol. The van der Waals surface area contributed by atoms with E-state index in [0.717, 1.165) is 0 Å². The summed E-state index contributed by atoms with van der Waals surface area (Å²) in [7, 11) is 0. The highest BCUT2D eigenvalue weighted by molar-refractivity contribution is 5.04. The zero-order chi connectivity index (χ0) is 10.0. The molecule has 0 saturated carbocycles. The molecule has 0 bridgehead atoms. The summed E-state index contributed by atoms with van der Waals surface area (Å²) in [5.74, 6) is 1.17. The van der Waals surface area contributed by atoms with Gasteiger partial charge in [-0.2, -0.15) is 5.10 Å². The van der Waals surface area contributed by atoms with E-state index in [-0.39, 0.29) is 0 Å². The molecule has 1 atom stereocenters. The average Bonchev–Trinajstić information content (AvgIpc) is 2.50. The van der Waals surface area contributed by atoms with Crippen LogP contribution in [0.3, 0.4) is 0 Å². The van der Waals surface area contributed by atoms with E-state index in [2.05, 4.69) is 56.7 Å². The summed E-state index contributed by atoms with van der Waals surface area (Å²) in [6.07, 6.45) is 2.08. The molecular formula is C11H20N2. The highest BCUT2D eigenvalue weighted by Crippen LogP contribution is 2.18. The molecule has 0 aliphatic carbocycles. The lowest BCUT2D eigenvalue weighted by Crippen LogP contribution is -2.12. The Balaban J connectivity index is 2.79. The minimum Gasteiger partial charge on any atom is -0.269 e. The van der Waals surface area contributed by atoms with Crippen molar-refractivity contribution in [1.29, 1.82) is 0 Å². The van der Waals surface area contributed by atoms with Crippen molar-refractivity contribution in [3.63, 3.8) is 0 Å². The van der Waals surface area contributed by atoms with Gasteiger partial charge >= 0.3 is 0 Å². The standard InChI is InChI=1S/C11H20N2/c1-8(2)10(5)13-7-6-11(12-13)9(3)4/h6-10H,1-5H3. The van der Waals surface area contributed by atoms with Crippen molar-refractivity contribution in [3.8, 4) is 0 Å². The molecule has 0 aliphatic rings. The van der Waals surface area contributed by atoms with E-state index in [1.807, 2.05) is 0 Å². The molecule has 0 fully saturated rings. The van der Waals surface area contributed by atoms with Crippen molar-refractivity contribution < 1.29 is 0 Å². The smallest absolute Gasteiger partial charge is 0.0650 e. The first kappa shape index (κ1) is 10.3. The van der Waals surface area contributed by atoms with Crippen LogP contribution < -0.4 is 0 Å². The maximum absolute atomic E-state index is 4.55. The number of rotatable bonds is 3. The fourth-order valence-corrected chi connectivity index (χ4v) is 1.19. The summed E-state index contributed by atoms with van der Waals surface area (Å²) in [5, 5.41) is 4.55. The van der Waals surface area contributed by atoms with Gasteiger partial charge in [0, 0.05) is 6.20 Å². The van der Waals surface area contributed by atoms with E-state index in [1.54, 1.807) is 0 Å². The maximum atomic E-state index is 4.55. The van der Waals surface area contributed by atoms with E-state index in [4.69, 9.17) is 0 Å². The lowest BCUT2D eigenvalue weighted by Gasteiger charge is -2.15. The highest BCUT2D eigenvalue weighted by atomic mass is 15.3. The third kappa shape index (κ3) is 2.33. The van der Waals surface area contributed by atoms with Crippen LogP contribution in [0.25, 0.3) is 0 Å². The molecule has 74 valence electrons. The highest BCUT2D eigenvalue weighted by Gasteiger charge is 2.11. The Morgan fingerprint density at radius 2 is 1.77 bits per heavy atom. The van der Waals surface area contributed by atoms with Crippen LogP contribution in [0.15, 0.2) is 12.3 Å². The quantitative estimate of drug-likeness (QED) is 0.698. The molecule has 1 unspecified atom stereocenters. The summed E-state index contributed by atoms with van der Waals surface area (Å²) in [5.41, 5.74) is 1.19. The molecule has 2 nitrogen and oxygen atoms in total. The van der Waals surface area contributed by atoms with Gasteiger partial charge in [0.1, 0.15) is 0 Å². The van der Waals surface area contributed by atoms with Gasteiger partial charge in [-0.25, -0.2) is 0 Å². The second-order valence-corrected chi connectivity index (χ2v) is 4.36. The van der Waals surface area contributed by atoms with E-state index < -0.39 is 0 Å². The number of aromatic nitrogens is 2. The first-order valence-electron chi connectivity index (χ1n) is 5.07. The minimum atomic E-state index is 0.493. The van der Waals surface area contributed by atoms with Gasteiger partial charge in [-0.05, 0) is 24.8 Å². The van der Waals surface area contributed by atoms with E-state index in [9.17, 15) is 0 Å². The van der Waals surface area contributed by atoms with Crippen molar-refractivity contribution in [3.05, 3.63) is 18.0 Å². The van der Waals surface area contributed by atoms with Crippen LogP contribution in [0.4, 0.5) is 0 Å². The third-order valence-corrected chi connectivity index (χ3v) is 2.60. The van der Waals surface area contributed by atoms with Crippen LogP contribution in [-0.4, -0.2) is 9.78 Å². The van der Waals surface area contributed by atoms with Crippen LogP contribution in [-0.2, 0) is 0 Å². The van der Waals surface area contributed by atoms with Crippen LogP contribution in [0, 0.1) is 5.92 Å². The van der Waals surface area contributed by atoms with Crippen molar-refractivity contribution in [2.75, 3.05) is 0 Å². The molecule has 0 aliphatic heterocycles. The van der Waals surface area contributed by atoms with Gasteiger partial charge in [-0.1, -0.05) is 27.7 Å². The zero-order valence-electron chi connectivity index (χ0n) is 9.28. The van der Waals surface area contributed by atoms with Gasteiger partial charge in [-0.15, -0.1) is 0 Å². The molecule has 1 heterocycles. The number of hydrogen-bond acceptors (Lipinski definition) is 1. The van der Waals surface area contributed by atoms with Crippen LogP contribution >= 0.6 is 0 Å². The summed E-state index contributed by atoms with van der Waals surface area (Å²) >= 11 is 0. The molecular weight excluding hydrogens is 160 g/mol. The van der Waals surface area contributed by atoms with Gasteiger partial charge < -0.3 is 0 Å². The Morgan fingerprint density at radius 1 is 1.15 bits per heavy atom. The molecule has 0 radical (unpaired) electrons. The monoisotopic (exact) mass is 180 g/mol. The lowest BCUT2D eigenvalue weighted by atomic mass is 10.1. The normalized spacial score (nSPS) is 14.1. The summed E-state index contributed by atoms with van der Waals surface area (Å²) < 4.78 is 2.07. The molecule has 1 aromatic rings. The predicted octanol–water partition coefficient (Wildman–Crippen LogP) is 3.22. The van der Waals surface area contributed by atoms with Crippen LogP contribution in [0.2, 0.25) is 0 Å². The largest absolute Gasteiger partial charge is 0.269 e. The Labute approximate surface area is 81.0 Å². The van der Waals surface area contributed by atoms with Crippen LogP contribution in [0.5, 0.6) is 0 Å². The SMILES string of the molecule is CC(C)c1ccn(C(C)C(C)C)n1. The first-order valence-corrected chi connectivity index (χ1v) is 5.07. The first-order chi connectivity index (χ1) is 6.02. The summed E-state index contributed by atoms with van der Waals surface area (Å²) in [6.45, 7) is 11.0. The maximum Gasteiger partial charge on any atom is 0.0650 e. The summed E-state index contributed by atoms with van der Waals surface area (Å²) in [6, 6.07) is 2.61. The molecule has 0 N–H and O–H groups in total. The molecule has 1 aromatic heterocycles. The molecule has 13 heavy (non-hydrogen) atoms. The van der Waals surface area contributed by atoms with Gasteiger partial charge in [0.05, 0.1) is 11.7 Å². The van der Waals surface area contributed by atoms with Gasteiger partial charge in [0.25, 0.3) is 0 Å². The second-order valence-electron chi connectivity index (χ2n) is 4.36. The topological polar surface area (TPSA) is 17.8 Å². The molecule has 0 aromatic carbocycles. The Bertz CT molecular complexity index is 261. The van der Waals surface area contributed by atoms with Crippen molar-refractivity contribution in [2.24, 2.45) is 5.92 Å². The number of hydrogen-bond donors (Lipinski definition) is 0.